The Hall–Kier alpha value is -4.04. The number of rotatable bonds is 6. The molecule has 0 spiro atoms. The summed E-state index contributed by atoms with van der Waals surface area (Å²) < 4.78 is 69.9. The van der Waals surface area contributed by atoms with Crippen LogP contribution in [0.25, 0.3) is 10.8 Å². The summed E-state index contributed by atoms with van der Waals surface area (Å²) in [5, 5.41) is 27.5. The van der Waals surface area contributed by atoms with E-state index >= 15 is 0 Å². The van der Waals surface area contributed by atoms with Crippen molar-refractivity contribution < 1.29 is 31.0 Å². The molecule has 0 aromatic heterocycles. The number of fused-ring (bicyclic) bond motifs is 1. The van der Waals surface area contributed by atoms with Crippen molar-refractivity contribution in [1.29, 1.82) is 0 Å². The van der Waals surface area contributed by atoms with Crippen LogP contribution in [0, 0.1) is 13.8 Å². The number of aromatic hydroxyl groups is 1. The first-order valence-electron chi connectivity index (χ1n) is 10.6. The minimum Gasteiger partial charge on any atom is -0.744 e. The molecule has 13 heteroatoms. The molecule has 0 amide bonds. The summed E-state index contributed by atoms with van der Waals surface area (Å²) in [7, 11) is -9.80. The molecule has 0 atom stereocenters. The molecule has 0 radical (unpaired) electrons. The standard InChI is InChI=1S/C24H20N4O7S2/c1-14-7-9-17(36(30,31)32)12-19(14)25-27-21-11-15(2)20(13-23(21)37(33,34)35)26-28-24-18-6-4-3-5-16(18)8-10-22(24)29/h3-13,29H,1-2H3,(H,30,31,32)(H,33,34,35)/p-2. The van der Waals surface area contributed by atoms with Crippen LogP contribution in [0.5, 0.6) is 5.75 Å². The van der Waals surface area contributed by atoms with Crippen molar-refractivity contribution in [3.63, 3.8) is 0 Å². The van der Waals surface area contributed by atoms with E-state index in [1.54, 1.807) is 32.0 Å². The molecule has 0 unspecified atom stereocenters. The minimum absolute atomic E-state index is 0.000907. The van der Waals surface area contributed by atoms with Gasteiger partial charge in [-0.25, -0.2) is 16.8 Å². The molecular formula is C24H18N4O7S2-2. The fourth-order valence-corrected chi connectivity index (χ4v) is 4.56. The van der Waals surface area contributed by atoms with Gasteiger partial charge in [0.25, 0.3) is 0 Å². The van der Waals surface area contributed by atoms with Gasteiger partial charge < -0.3 is 14.2 Å². The maximum Gasteiger partial charge on any atom is 0.143 e. The first-order valence-corrected chi connectivity index (χ1v) is 13.4. The third-order valence-electron chi connectivity index (χ3n) is 5.42. The first-order chi connectivity index (χ1) is 17.3. The highest BCUT2D eigenvalue weighted by Gasteiger charge is 2.14. The second kappa shape index (κ2) is 9.78. The van der Waals surface area contributed by atoms with Crippen molar-refractivity contribution in [3.8, 4) is 5.75 Å². The molecule has 4 aromatic rings. The number of phenolic OH excluding ortho intramolecular Hbond substituents is 1. The highest BCUT2D eigenvalue weighted by Crippen LogP contribution is 2.38. The molecule has 0 saturated heterocycles. The van der Waals surface area contributed by atoms with Gasteiger partial charge in [0.15, 0.2) is 0 Å². The zero-order valence-corrected chi connectivity index (χ0v) is 21.0. The summed E-state index contributed by atoms with van der Waals surface area (Å²) in [5.74, 6) is -0.139. The molecule has 4 aromatic carbocycles. The van der Waals surface area contributed by atoms with Crippen LogP contribution in [0.1, 0.15) is 11.1 Å². The van der Waals surface area contributed by atoms with Crippen molar-refractivity contribution in [2.45, 2.75) is 23.6 Å². The topological polar surface area (TPSA) is 184 Å². The van der Waals surface area contributed by atoms with E-state index in [2.05, 4.69) is 20.5 Å². The number of benzene rings is 4. The normalized spacial score (nSPS) is 12.6. The molecule has 0 aliphatic carbocycles. The van der Waals surface area contributed by atoms with Crippen molar-refractivity contribution in [2.75, 3.05) is 0 Å². The van der Waals surface area contributed by atoms with Gasteiger partial charge in [0.1, 0.15) is 37.4 Å². The van der Waals surface area contributed by atoms with Crippen LogP contribution in [0.2, 0.25) is 0 Å². The van der Waals surface area contributed by atoms with Crippen LogP contribution in [0.4, 0.5) is 22.7 Å². The van der Waals surface area contributed by atoms with E-state index in [-0.39, 0.29) is 28.5 Å². The molecule has 0 heterocycles. The Kier molecular flexibility index (Phi) is 6.88. The smallest absolute Gasteiger partial charge is 0.143 e. The lowest BCUT2D eigenvalue weighted by molar-refractivity contribution is 0.461. The molecular weight excluding hydrogens is 520 g/mol. The summed E-state index contributed by atoms with van der Waals surface area (Å²) in [6.07, 6.45) is 0. The monoisotopic (exact) mass is 538 g/mol. The zero-order chi connectivity index (χ0) is 27.0. The highest BCUT2D eigenvalue weighted by atomic mass is 32.2. The number of nitrogens with zero attached hydrogens (tertiary/aromatic N) is 4. The molecule has 0 aliphatic heterocycles. The van der Waals surface area contributed by atoms with Crippen molar-refractivity contribution in [2.24, 2.45) is 20.5 Å². The van der Waals surface area contributed by atoms with Crippen LogP contribution < -0.4 is 0 Å². The maximum absolute atomic E-state index is 12.0. The van der Waals surface area contributed by atoms with Crippen molar-refractivity contribution in [3.05, 3.63) is 77.9 Å². The molecule has 0 aliphatic rings. The van der Waals surface area contributed by atoms with Crippen LogP contribution in [-0.4, -0.2) is 31.0 Å². The van der Waals surface area contributed by atoms with Crippen molar-refractivity contribution in [1.82, 2.24) is 0 Å². The highest BCUT2D eigenvalue weighted by molar-refractivity contribution is 7.86. The van der Waals surface area contributed by atoms with E-state index < -0.39 is 30.0 Å². The van der Waals surface area contributed by atoms with Crippen LogP contribution in [-0.2, 0) is 20.2 Å². The molecule has 0 saturated carbocycles. The van der Waals surface area contributed by atoms with Gasteiger partial charge in [0.05, 0.1) is 21.2 Å². The molecule has 37 heavy (non-hydrogen) atoms. The quantitative estimate of drug-likeness (QED) is 0.237. The van der Waals surface area contributed by atoms with Crippen LogP contribution in [0.15, 0.2) is 97.0 Å². The Morgan fingerprint density at radius 1 is 0.676 bits per heavy atom. The average Bonchev–Trinajstić information content (AvgIpc) is 2.82. The number of azo groups is 2. The number of hydrogen-bond donors (Lipinski definition) is 1. The number of phenols is 1. The summed E-state index contributed by atoms with van der Waals surface area (Å²) in [5.41, 5.74) is 0.734. The van der Waals surface area contributed by atoms with Gasteiger partial charge in [0, 0.05) is 5.39 Å². The van der Waals surface area contributed by atoms with Gasteiger partial charge in [-0.05, 0) is 60.7 Å². The molecule has 190 valence electrons. The van der Waals surface area contributed by atoms with E-state index in [0.717, 1.165) is 23.6 Å². The minimum atomic E-state index is -5.05. The van der Waals surface area contributed by atoms with Gasteiger partial charge in [-0.1, -0.05) is 36.4 Å². The van der Waals surface area contributed by atoms with Gasteiger partial charge in [0.2, 0.25) is 0 Å². The third kappa shape index (κ3) is 5.70. The van der Waals surface area contributed by atoms with Gasteiger partial charge in [-0.2, -0.15) is 10.2 Å². The fourth-order valence-electron chi connectivity index (χ4n) is 3.46. The summed E-state index contributed by atoms with van der Waals surface area (Å²) in [6, 6.07) is 16.0. The van der Waals surface area contributed by atoms with E-state index in [4.69, 9.17) is 0 Å². The van der Waals surface area contributed by atoms with Crippen LogP contribution in [0.3, 0.4) is 0 Å². The SMILES string of the molecule is Cc1ccc(S(=O)(=O)[O-])cc1N=Nc1cc(C)c(N=Nc2c(O)ccc3ccccc23)cc1S(=O)(=O)[O-]. The van der Waals surface area contributed by atoms with E-state index in [0.29, 0.717) is 16.5 Å². The average molecular weight is 539 g/mol. The van der Waals surface area contributed by atoms with Gasteiger partial charge in [-0.15, -0.1) is 10.2 Å². The van der Waals surface area contributed by atoms with E-state index in [1.165, 1.54) is 18.2 Å². The number of aryl methyl sites for hydroxylation is 2. The largest absolute Gasteiger partial charge is 0.744 e. The molecule has 1 N–H and O–H groups in total. The molecule has 11 nitrogen and oxygen atoms in total. The van der Waals surface area contributed by atoms with Crippen LogP contribution >= 0.6 is 0 Å². The third-order valence-corrected chi connectivity index (χ3v) is 7.12. The lowest BCUT2D eigenvalue weighted by atomic mass is 10.1. The maximum atomic E-state index is 12.0. The lowest BCUT2D eigenvalue weighted by Gasteiger charge is -2.12. The first kappa shape index (κ1) is 26.0. The summed E-state index contributed by atoms with van der Waals surface area (Å²) in [4.78, 5) is -1.27. The predicted octanol–water partition coefficient (Wildman–Crippen LogP) is 5.80. The van der Waals surface area contributed by atoms with E-state index in [1.807, 2.05) is 12.1 Å². The van der Waals surface area contributed by atoms with E-state index in [9.17, 15) is 31.0 Å². The Morgan fingerprint density at radius 2 is 1.32 bits per heavy atom. The fraction of sp³-hybridized carbons (Fsp3) is 0.0833. The Bertz CT molecular complexity index is 1820. The summed E-state index contributed by atoms with van der Waals surface area (Å²) in [6.45, 7) is 3.16. The Balaban J connectivity index is 1.79. The van der Waals surface area contributed by atoms with Gasteiger partial charge in [-0.3, -0.25) is 0 Å². The predicted molar refractivity (Wildman–Crippen MR) is 132 cm³/mol. The summed E-state index contributed by atoms with van der Waals surface area (Å²) >= 11 is 0. The second-order valence-corrected chi connectivity index (χ2v) is 10.7. The number of hydrogen-bond acceptors (Lipinski definition) is 11. The van der Waals surface area contributed by atoms with Crippen molar-refractivity contribution >= 4 is 53.8 Å². The molecule has 0 fully saturated rings. The lowest BCUT2D eigenvalue weighted by Crippen LogP contribution is -1.99. The molecule has 4 rings (SSSR count). The Morgan fingerprint density at radius 3 is 2.03 bits per heavy atom. The molecule has 0 bridgehead atoms. The second-order valence-electron chi connectivity index (χ2n) is 8.02. The van der Waals surface area contributed by atoms with Gasteiger partial charge >= 0.3 is 0 Å². The Labute approximate surface area is 212 Å². The zero-order valence-electron chi connectivity index (χ0n) is 19.4.